The van der Waals surface area contributed by atoms with Crippen molar-refractivity contribution >= 4 is 11.9 Å². The molecule has 0 atom stereocenters. The van der Waals surface area contributed by atoms with E-state index in [0.29, 0.717) is 13.0 Å². The van der Waals surface area contributed by atoms with Gasteiger partial charge in [-0.15, -0.1) is 0 Å². The molecule has 1 fully saturated rings. The van der Waals surface area contributed by atoms with Crippen LogP contribution in [0.3, 0.4) is 0 Å². The highest BCUT2D eigenvalue weighted by Crippen LogP contribution is 2.44. The molecule has 1 amide bonds. The van der Waals surface area contributed by atoms with Crippen LogP contribution in [0, 0.1) is 5.41 Å². The zero-order valence-corrected chi connectivity index (χ0v) is 11.7. The number of hydrogen-bond donors (Lipinski definition) is 1. The first-order chi connectivity index (χ1) is 9.01. The lowest BCUT2D eigenvalue weighted by Crippen LogP contribution is -2.38. The minimum Gasteiger partial charge on any atom is -0.481 e. The van der Waals surface area contributed by atoms with Crippen molar-refractivity contribution in [1.82, 2.24) is 4.90 Å². The third-order valence-corrected chi connectivity index (χ3v) is 4.51. The maximum absolute atomic E-state index is 12.4. The van der Waals surface area contributed by atoms with Gasteiger partial charge in [0, 0.05) is 19.5 Å². The summed E-state index contributed by atoms with van der Waals surface area (Å²) >= 11 is 0. The fourth-order valence-electron chi connectivity index (χ4n) is 3.29. The number of carbonyl (C=O) groups is 2. The molecule has 1 heterocycles. The Labute approximate surface area is 114 Å². The molecule has 0 aromatic rings. The van der Waals surface area contributed by atoms with Gasteiger partial charge in [-0.25, -0.2) is 0 Å². The van der Waals surface area contributed by atoms with E-state index in [9.17, 15) is 9.59 Å². The van der Waals surface area contributed by atoms with E-state index in [4.69, 9.17) is 5.11 Å². The van der Waals surface area contributed by atoms with Crippen molar-refractivity contribution < 1.29 is 14.7 Å². The van der Waals surface area contributed by atoms with Crippen molar-refractivity contribution in [3.05, 3.63) is 11.6 Å². The van der Waals surface area contributed by atoms with Crippen molar-refractivity contribution in [2.75, 3.05) is 13.1 Å². The molecule has 1 aliphatic heterocycles. The number of amides is 1. The average molecular weight is 265 g/mol. The fraction of sp³-hybridized carbons (Fsp3) is 0.733. The van der Waals surface area contributed by atoms with Gasteiger partial charge >= 0.3 is 5.97 Å². The largest absolute Gasteiger partial charge is 0.481 e. The predicted molar refractivity (Wildman–Crippen MR) is 72.7 cm³/mol. The quantitative estimate of drug-likeness (QED) is 0.795. The van der Waals surface area contributed by atoms with E-state index in [0.717, 1.165) is 38.6 Å². The van der Waals surface area contributed by atoms with Crippen molar-refractivity contribution in [2.24, 2.45) is 5.41 Å². The average Bonchev–Trinajstić information content (AvgIpc) is 2.77. The van der Waals surface area contributed by atoms with Crippen molar-refractivity contribution in [3.8, 4) is 0 Å². The van der Waals surface area contributed by atoms with Gasteiger partial charge < -0.3 is 10.0 Å². The van der Waals surface area contributed by atoms with Gasteiger partial charge in [-0.05, 0) is 31.6 Å². The molecular formula is C15H23NO3. The number of rotatable bonds is 4. The Balaban J connectivity index is 1.97. The van der Waals surface area contributed by atoms with E-state index in [1.807, 2.05) is 4.90 Å². The lowest BCUT2D eigenvalue weighted by molar-refractivity contribution is -0.141. The Hall–Kier alpha value is -1.32. The molecule has 106 valence electrons. The molecule has 0 unspecified atom stereocenters. The molecule has 19 heavy (non-hydrogen) atoms. The van der Waals surface area contributed by atoms with Crippen LogP contribution >= 0.6 is 0 Å². The van der Waals surface area contributed by atoms with E-state index in [2.05, 4.69) is 13.0 Å². The number of carboxylic acid groups (broad SMARTS) is 1. The summed E-state index contributed by atoms with van der Waals surface area (Å²) in [6.45, 7) is 3.56. The van der Waals surface area contributed by atoms with Crippen LogP contribution in [0.2, 0.25) is 0 Å². The van der Waals surface area contributed by atoms with E-state index in [1.165, 1.54) is 5.57 Å². The van der Waals surface area contributed by atoms with Crippen molar-refractivity contribution in [3.63, 3.8) is 0 Å². The molecule has 0 aromatic heterocycles. The molecule has 0 radical (unpaired) electrons. The zero-order chi connectivity index (χ0) is 13.9. The normalized spacial score (nSPS) is 22.2. The van der Waals surface area contributed by atoms with Crippen LogP contribution in [-0.4, -0.2) is 35.0 Å². The van der Waals surface area contributed by atoms with E-state index >= 15 is 0 Å². The van der Waals surface area contributed by atoms with Gasteiger partial charge in [0.1, 0.15) is 0 Å². The van der Waals surface area contributed by atoms with Gasteiger partial charge in [-0.3, -0.25) is 9.59 Å². The fourth-order valence-corrected chi connectivity index (χ4v) is 3.29. The predicted octanol–water partition coefficient (Wildman–Crippen LogP) is 2.59. The Kier molecular flexibility index (Phi) is 4.27. The lowest BCUT2D eigenvalue weighted by Gasteiger charge is -2.31. The molecule has 0 spiro atoms. The Morgan fingerprint density at radius 1 is 1.32 bits per heavy atom. The molecule has 0 bridgehead atoms. The van der Waals surface area contributed by atoms with E-state index in [-0.39, 0.29) is 17.7 Å². The van der Waals surface area contributed by atoms with Gasteiger partial charge in [-0.2, -0.15) is 0 Å². The number of carbonyl (C=O) groups excluding carboxylic acids is 1. The zero-order valence-electron chi connectivity index (χ0n) is 11.7. The summed E-state index contributed by atoms with van der Waals surface area (Å²) in [5, 5.41) is 9.06. The number of carboxylic acids is 1. The van der Waals surface area contributed by atoms with Gasteiger partial charge in [0.15, 0.2) is 0 Å². The van der Waals surface area contributed by atoms with Crippen molar-refractivity contribution in [1.29, 1.82) is 0 Å². The van der Waals surface area contributed by atoms with Crippen LogP contribution < -0.4 is 0 Å². The van der Waals surface area contributed by atoms with Crippen LogP contribution in [0.5, 0.6) is 0 Å². The monoisotopic (exact) mass is 265 g/mol. The van der Waals surface area contributed by atoms with E-state index in [1.54, 1.807) is 0 Å². The molecule has 2 aliphatic rings. The maximum atomic E-state index is 12.4. The standard InChI is InChI=1S/C15H23NO3/c1-12-4-8-16(9-5-12)13(17)10-15(11-14(18)19)6-2-3-7-15/h4H,2-3,5-11H2,1H3,(H,18,19). The summed E-state index contributed by atoms with van der Waals surface area (Å²) in [6.07, 6.45) is 7.46. The summed E-state index contributed by atoms with van der Waals surface area (Å²) < 4.78 is 0. The summed E-state index contributed by atoms with van der Waals surface area (Å²) in [6, 6.07) is 0. The van der Waals surface area contributed by atoms with Crippen LogP contribution in [0.1, 0.15) is 51.9 Å². The van der Waals surface area contributed by atoms with Gasteiger partial charge in [-0.1, -0.05) is 24.5 Å². The highest BCUT2D eigenvalue weighted by Gasteiger charge is 2.39. The van der Waals surface area contributed by atoms with Crippen molar-refractivity contribution in [2.45, 2.75) is 51.9 Å². The summed E-state index contributed by atoms with van der Waals surface area (Å²) in [7, 11) is 0. The minimum absolute atomic E-state index is 0.131. The second kappa shape index (κ2) is 5.76. The molecule has 0 saturated heterocycles. The first-order valence-corrected chi connectivity index (χ1v) is 7.16. The summed E-state index contributed by atoms with van der Waals surface area (Å²) in [4.78, 5) is 25.2. The number of nitrogens with zero attached hydrogens (tertiary/aromatic N) is 1. The van der Waals surface area contributed by atoms with Gasteiger partial charge in [0.05, 0.1) is 6.42 Å². The Bertz CT molecular complexity index is 394. The SMILES string of the molecule is CC1=CCN(C(=O)CC2(CC(=O)O)CCCC2)CC1. The minimum atomic E-state index is -0.774. The third-order valence-electron chi connectivity index (χ3n) is 4.51. The van der Waals surface area contributed by atoms with Crippen LogP contribution in [0.4, 0.5) is 0 Å². The molecule has 2 rings (SSSR count). The number of aliphatic carboxylic acids is 1. The Morgan fingerprint density at radius 3 is 2.53 bits per heavy atom. The topological polar surface area (TPSA) is 57.6 Å². The van der Waals surface area contributed by atoms with E-state index < -0.39 is 5.97 Å². The third kappa shape index (κ3) is 3.58. The summed E-state index contributed by atoms with van der Waals surface area (Å²) in [5.74, 6) is -0.643. The second-order valence-electron chi connectivity index (χ2n) is 6.09. The molecule has 0 aromatic carbocycles. The molecule has 1 aliphatic carbocycles. The molecular weight excluding hydrogens is 242 g/mol. The molecule has 4 heteroatoms. The Morgan fingerprint density at radius 2 is 2.00 bits per heavy atom. The highest BCUT2D eigenvalue weighted by molar-refractivity contribution is 5.78. The number of hydrogen-bond acceptors (Lipinski definition) is 2. The van der Waals surface area contributed by atoms with Gasteiger partial charge in [0.25, 0.3) is 0 Å². The highest BCUT2D eigenvalue weighted by atomic mass is 16.4. The molecule has 1 saturated carbocycles. The van der Waals surface area contributed by atoms with Crippen LogP contribution in [0.15, 0.2) is 11.6 Å². The first kappa shape index (κ1) is 14.1. The van der Waals surface area contributed by atoms with Crippen LogP contribution in [-0.2, 0) is 9.59 Å². The molecule has 4 nitrogen and oxygen atoms in total. The van der Waals surface area contributed by atoms with Gasteiger partial charge in [0.2, 0.25) is 5.91 Å². The molecule has 1 N–H and O–H groups in total. The second-order valence-corrected chi connectivity index (χ2v) is 6.09. The smallest absolute Gasteiger partial charge is 0.303 e. The van der Waals surface area contributed by atoms with Crippen LogP contribution in [0.25, 0.3) is 0 Å². The summed E-state index contributed by atoms with van der Waals surface area (Å²) in [5.41, 5.74) is 1.06. The lowest BCUT2D eigenvalue weighted by atomic mass is 9.79. The maximum Gasteiger partial charge on any atom is 0.303 e. The first-order valence-electron chi connectivity index (χ1n) is 7.16.